The van der Waals surface area contributed by atoms with Crippen LogP contribution in [0.3, 0.4) is 0 Å². The minimum atomic E-state index is -0.370. The lowest BCUT2D eigenvalue weighted by Gasteiger charge is -2.07. The van der Waals surface area contributed by atoms with Crippen molar-refractivity contribution in [1.29, 1.82) is 0 Å². The molecule has 2 nitrogen and oxygen atoms in total. The van der Waals surface area contributed by atoms with E-state index in [0.717, 1.165) is 13.0 Å². The first-order valence-electron chi connectivity index (χ1n) is 5.68. The van der Waals surface area contributed by atoms with Crippen molar-refractivity contribution in [1.82, 2.24) is 0 Å². The molecule has 1 saturated heterocycles. The Balaban J connectivity index is 1.95. The Kier molecular flexibility index (Phi) is 4.13. The van der Waals surface area contributed by atoms with Crippen molar-refractivity contribution in [3.63, 3.8) is 0 Å². The Bertz CT molecular complexity index is 414. The Morgan fingerprint density at radius 2 is 2.35 bits per heavy atom. The lowest BCUT2D eigenvalue weighted by molar-refractivity contribution is -0.119. The molecule has 0 N–H and O–H groups in total. The van der Waals surface area contributed by atoms with Crippen molar-refractivity contribution in [3.05, 3.63) is 34.6 Å². The molecule has 0 radical (unpaired) electrons. The van der Waals surface area contributed by atoms with E-state index in [0.29, 0.717) is 29.5 Å². The maximum Gasteiger partial charge on any atom is 0.137 e. The van der Waals surface area contributed by atoms with Gasteiger partial charge in [0.2, 0.25) is 0 Å². The third kappa shape index (κ3) is 3.51. The summed E-state index contributed by atoms with van der Waals surface area (Å²) in [4.78, 5) is 11.8. The van der Waals surface area contributed by atoms with Crippen LogP contribution in [-0.4, -0.2) is 19.0 Å². The topological polar surface area (TPSA) is 26.3 Å². The number of rotatable bonds is 4. The molecule has 1 heterocycles. The van der Waals surface area contributed by atoms with Gasteiger partial charge >= 0.3 is 0 Å². The molecule has 92 valence electrons. The average Bonchev–Trinajstić information content (AvgIpc) is 2.76. The maximum atomic E-state index is 13.4. The monoisotopic (exact) mass is 256 g/mol. The van der Waals surface area contributed by atoms with Gasteiger partial charge in [0, 0.05) is 31.1 Å². The van der Waals surface area contributed by atoms with Gasteiger partial charge in [-0.15, -0.1) is 0 Å². The fourth-order valence-corrected chi connectivity index (χ4v) is 2.22. The maximum absolute atomic E-state index is 13.4. The van der Waals surface area contributed by atoms with Gasteiger partial charge in [-0.3, -0.25) is 4.79 Å². The van der Waals surface area contributed by atoms with Crippen LogP contribution in [0, 0.1) is 11.7 Å². The normalized spacial score (nSPS) is 19.5. The molecule has 0 saturated carbocycles. The van der Waals surface area contributed by atoms with E-state index in [1.54, 1.807) is 0 Å². The van der Waals surface area contributed by atoms with Crippen LogP contribution in [0.1, 0.15) is 18.4 Å². The molecular weight excluding hydrogens is 243 g/mol. The summed E-state index contributed by atoms with van der Waals surface area (Å²) in [6.45, 7) is 1.37. The Hall–Kier alpha value is -0.930. The highest BCUT2D eigenvalue weighted by molar-refractivity contribution is 6.30. The molecule has 1 fully saturated rings. The first-order chi connectivity index (χ1) is 8.15. The van der Waals surface area contributed by atoms with Gasteiger partial charge in [0.25, 0.3) is 0 Å². The van der Waals surface area contributed by atoms with Crippen LogP contribution in [0.4, 0.5) is 4.39 Å². The summed E-state index contributed by atoms with van der Waals surface area (Å²) in [5.74, 6) is -0.0307. The summed E-state index contributed by atoms with van der Waals surface area (Å²) in [7, 11) is 0. The van der Waals surface area contributed by atoms with E-state index in [1.165, 1.54) is 18.2 Å². The summed E-state index contributed by atoms with van der Waals surface area (Å²) < 4.78 is 18.6. The molecule has 1 aliphatic rings. The van der Waals surface area contributed by atoms with E-state index in [2.05, 4.69) is 0 Å². The standard InChI is InChI=1S/C13H14ClFO2/c14-11-1-2-13(15)10(6-11)7-12(16)5-9-3-4-17-8-9/h1-2,6,9H,3-5,7-8H2. The fourth-order valence-electron chi connectivity index (χ4n) is 2.03. The zero-order chi connectivity index (χ0) is 12.3. The van der Waals surface area contributed by atoms with Crippen LogP contribution in [0.15, 0.2) is 18.2 Å². The number of Topliss-reactive ketones (excluding diaryl/α,β-unsaturated/α-hetero) is 1. The van der Waals surface area contributed by atoms with Gasteiger partial charge in [0.1, 0.15) is 11.6 Å². The predicted octanol–water partition coefficient (Wildman–Crippen LogP) is 3.02. The van der Waals surface area contributed by atoms with E-state index in [-0.39, 0.29) is 18.0 Å². The second-order valence-electron chi connectivity index (χ2n) is 4.38. The molecule has 1 aliphatic heterocycles. The van der Waals surface area contributed by atoms with Gasteiger partial charge in [-0.2, -0.15) is 0 Å². The molecule has 1 aromatic rings. The van der Waals surface area contributed by atoms with E-state index in [4.69, 9.17) is 16.3 Å². The minimum Gasteiger partial charge on any atom is -0.381 e. The Morgan fingerprint density at radius 1 is 1.53 bits per heavy atom. The number of hydrogen-bond donors (Lipinski definition) is 0. The van der Waals surface area contributed by atoms with Crippen LogP contribution < -0.4 is 0 Å². The largest absolute Gasteiger partial charge is 0.381 e. The minimum absolute atomic E-state index is 0.0432. The van der Waals surface area contributed by atoms with Gasteiger partial charge in [0.05, 0.1) is 0 Å². The summed E-state index contributed by atoms with van der Waals surface area (Å²) >= 11 is 5.77. The van der Waals surface area contributed by atoms with Crippen molar-refractivity contribution in [2.75, 3.05) is 13.2 Å². The predicted molar refractivity (Wildman–Crippen MR) is 63.7 cm³/mol. The molecule has 1 unspecified atom stereocenters. The van der Waals surface area contributed by atoms with E-state index < -0.39 is 0 Å². The number of benzene rings is 1. The second-order valence-corrected chi connectivity index (χ2v) is 4.82. The number of ether oxygens (including phenoxy) is 1. The first kappa shape index (κ1) is 12.5. The number of halogens is 2. The summed E-state index contributed by atoms with van der Waals surface area (Å²) in [6, 6.07) is 4.29. The number of ketones is 1. The Labute approximate surface area is 105 Å². The molecule has 17 heavy (non-hydrogen) atoms. The van der Waals surface area contributed by atoms with Crippen LogP contribution in [0.5, 0.6) is 0 Å². The van der Waals surface area contributed by atoms with Crippen molar-refractivity contribution >= 4 is 17.4 Å². The van der Waals surface area contributed by atoms with Gasteiger partial charge < -0.3 is 4.74 Å². The molecule has 0 spiro atoms. The van der Waals surface area contributed by atoms with Crippen LogP contribution in [0.25, 0.3) is 0 Å². The molecular formula is C13H14ClFO2. The fraction of sp³-hybridized carbons (Fsp3) is 0.462. The number of carbonyl (C=O) groups excluding carboxylic acids is 1. The molecule has 0 bridgehead atoms. The van der Waals surface area contributed by atoms with Gasteiger partial charge in [-0.25, -0.2) is 4.39 Å². The second kappa shape index (κ2) is 5.61. The molecule has 0 amide bonds. The average molecular weight is 257 g/mol. The van der Waals surface area contributed by atoms with Crippen molar-refractivity contribution in [2.24, 2.45) is 5.92 Å². The third-order valence-electron chi connectivity index (χ3n) is 2.94. The van der Waals surface area contributed by atoms with Gasteiger partial charge in [-0.1, -0.05) is 11.6 Å². The van der Waals surface area contributed by atoms with Gasteiger partial charge in [-0.05, 0) is 36.1 Å². The molecule has 0 aromatic heterocycles. The molecule has 2 rings (SSSR count). The zero-order valence-corrected chi connectivity index (χ0v) is 10.2. The van der Waals surface area contributed by atoms with Gasteiger partial charge in [0.15, 0.2) is 0 Å². The van der Waals surface area contributed by atoms with Crippen molar-refractivity contribution < 1.29 is 13.9 Å². The van der Waals surface area contributed by atoms with E-state index in [1.807, 2.05) is 0 Å². The molecule has 4 heteroatoms. The number of hydrogen-bond acceptors (Lipinski definition) is 2. The lowest BCUT2D eigenvalue weighted by Crippen LogP contribution is -2.11. The lowest BCUT2D eigenvalue weighted by atomic mass is 9.98. The molecule has 1 atom stereocenters. The quantitative estimate of drug-likeness (QED) is 0.828. The molecule has 0 aliphatic carbocycles. The zero-order valence-electron chi connectivity index (χ0n) is 9.42. The van der Waals surface area contributed by atoms with E-state index in [9.17, 15) is 9.18 Å². The highest BCUT2D eigenvalue weighted by Crippen LogP contribution is 2.20. The summed E-state index contributed by atoms with van der Waals surface area (Å²) in [6.07, 6.45) is 1.50. The summed E-state index contributed by atoms with van der Waals surface area (Å²) in [5, 5.41) is 0.457. The third-order valence-corrected chi connectivity index (χ3v) is 3.17. The van der Waals surface area contributed by atoms with Crippen LogP contribution in [-0.2, 0) is 16.0 Å². The van der Waals surface area contributed by atoms with E-state index >= 15 is 0 Å². The SMILES string of the molecule is O=C(Cc1cc(Cl)ccc1F)CC1CCOC1. The van der Waals surface area contributed by atoms with Crippen molar-refractivity contribution in [3.8, 4) is 0 Å². The Morgan fingerprint density at radius 3 is 3.06 bits per heavy atom. The summed E-state index contributed by atoms with van der Waals surface area (Å²) in [5.41, 5.74) is 0.376. The highest BCUT2D eigenvalue weighted by Gasteiger charge is 2.19. The van der Waals surface area contributed by atoms with Crippen molar-refractivity contribution in [2.45, 2.75) is 19.3 Å². The molecule has 1 aromatic carbocycles. The first-order valence-corrected chi connectivity index (χ1v) is 6.06. The smallest absolute Gasteiger partial charge is 0.137 e. The van der Waals surface area contributed by atoms with Crippen LogP contribution in [0.2, 0.25) is 5.02 Å². The number of carbonyl (C=O) groups is 1. The van der Waals surface area contributed by atoms with Crippen LogP contribution >= 0.6 is 11.6 Å². The highest BCUT2D eigenvalue weighted by atomic mass is 35.5.